The standard InChI is InChI=1S/C10H21ClN2O/c1-13-6-7-14-10(9-13)8-12-5-3-2-4-11/h10,12H,2-9H2,1H3. The van der Waals surface area contributed by atoms with Crippen molar-refractivity contribution in [2.24, 2.45) is 0 Å². The molecular formula is C10H21ClN2O. The molecule has 84 valence electrons. The summed E-state index contributed by atoms with van der Waals surface area (Å²) in [6.07, 6.45) is 2.62. The van der Waals surface area contributed by atoms with Crippen LogP contribution in [-0.2, 0) is 4.74 Å². The monoisotopic (exact) mass is 220 g/mol. The van der Waals surface area contributed by atoms with E-state index in [1.807, 2.05) is 0 Å². The zero-order chi connectivity index (χ0) is 10.2. The molecule has 14 heavy (non-hydrogen) atoms. The molecular weight excluding hydrogens is 200 g/mol. The fraction of sp³-hybridized carbons (Fsp3) is 1.00. The van der Waals surface area contributed by atoms with Crippen molar-refractivity contribution in [3.8, 4) is 0 Å². The molecule has 0 aromatic rings. The summed E-state index contributed by atoms with van der Waals surface area (Å²) in [6.45, 7) is 4.98. The third kappa shape index (κ3) is 5.15. The molecule has 0 aromatic heterocycles. The van der Waals surface area contributed by atoms with Crippen molar-refractivity contribution in [3.63, 3.8) is 0 Å². The molecule has 1 rings (SSSR count). The summed E-state index contributed by atoms with van der Waals surface area (Å²) in [5.74, 6) is 0.768. The maximum absolute atomic E-state index is 5.62. The molecule has 0 spiro atoms. The normalized spacial score (nSPS) is 24.0. The molecule has 1 aliphatic rings. The average molecular weight is 221 g/mol. The molecule has 0 aromatic carbocycles. The van der Waals surface area contributed by atoms with Crippen molar-refractivity contribution in [1.29, 1.82) is 0 Å². The van der Waals surface area contributed by atoms with Crippen LogP contribution < -0.4 is 5.32 Å². The minimum atomic E-state index is 0.366. The highest BCUT2D eigenvalue weighted by Gasteiger charge is 2.16. The SMILES string of the molecule is CN1CCOC(CNCCCCCl)C1. The summed E-state index contributed by atoms with van der Waals surface area (Å²) in [6, 6.07) is 0. The quantitative estimate of drug-likeness (QED) is 0.533. The highest BCUT2D eigenvalue weighted by Crippen LogP contribution is 2.01. The largest absolute Gasteiger partial charge is 0.374 e. The number of nitrogens with one attached hydrogen (secondary N) is 1. The predicted molar refractivity (Wildman–Crippen MR) is 60.1 cm³/mol. The molecule has 0 aliphatic carbocycles. The summed E-state index contributed by atoms with van der Waals surface area (Å²) in [5, 5.41) is 3.40. The Bertz CT molecular complexity index is 146. The van der Waals surface area contributed by atoms with Gasteiger partial charge in [-0.3, -0.25) is 0 Å². The summed E-state index contributed by atoms with van der Waals surface area (Å²) in [5.41, 5.74) is 0. The molecule has 0 bridgehead atoms. The maximum atomic E-state index is 5.62. The van der Waals surface area contributed by atoms with Crippen LogP contribution >= 0.6 is 11.6 Å². The Labute approximate surface area is 91.7 Å². The number of morpholine rings is 1. The summed E-state index contributed by atoms with van der Waals surface area (Å²) in [4.78, 5) is 2.31. The number of ether oxygens (including phenoxy) is 1. The predicted octanol–water partition coefficient (Wildman–Crippen LogP) is 0.926. The lowest BCUT2D eigenvalue weighted by atomic mass is 10.2. The van der Waals surface area contributed by atoms with Crippen molar-refractivity contribution >= 4 is 11.6 Å². The summed E-state index contributed by atoms with van der Waals surface area (Å²) >= 11 is 5.59. The van der Waals surface area contributed by atoms with Crippen LogP contribution in [0.1, 0.15) is 12.8 Å². The van der Waals surface area contributed by atoms with E-state index in [9.17, 15) is 0 Å². The Morgan fingerprint density at radius 1 is 1.50 bits per heavy atom. The van der Waals surface area contributed by atoms with Crippen molar-refractivity contribution in [3.05, 3.63) is 0 Å². The van der Waals surface area contributed by atoms with Gasteiger partial charge in [-0.05, 0) is 26.4 Å². The summed E-state index contributed by atoms with van der Waals surface area (Å²) in [7, 11) is 2.14. The van der Waals surface area contributed by atoms with Gasteiger partial charge in [-0.25, -0.2) is 0 Å². The van der Waals surface area contributed by atoms with E-state index in [2.05, 4.69) is 17.3 Å². The van der Waals surface area contributed by atoms with Gasteiger partial charge in [0, 0.05) is 25.5 Å². The van der Waals surface area contributed by atoms with Crippen molar-refractivity contribution in [2.75, 3.05) is 45.7 Å². The lowest BCUT2D eigenvalue weighted by Gasteiger charge is -2.30. The highest BCUT2D eigenvalue weighted by molar-refractivity contribution is 6.17. The Balaban J connectivity index is 1.95. The molecule has 3 nitrogen and oxygen atoms in total. The number of rotatable bonds is 6. The lowest BCUT2D eigenvalue weighted by Crippen LogP contribution is -2.44. The minimum Gasteiger partial charge on any atom is -0.374 e. The van der Waals surface area contributed by atoms with E-state index < -0.39 is 0 Å². The Hall–Kier alpha value is 0.170. The van der Waals surface area contributed by atoms with Gasteiger partial charge in [0.25, 0.3) is 0 Å². The van der Waals surface area contributed by atoms with E-state index in [1.54, 1.807) is 0 Å². The van der Waals surface area contributed by atoms with Crippen LogP contribution in [0.3, 0.4) is 0 Å². The fourth-order valence-electron chi connectivity index (χ4n) is 1.60. The number of halogens is 1. The molecule has 4 heteroatoms. The van der Waals surface area contributed by atoms with Crippen molar-refractivity contribution in [2.45, 2.75) is 18.9 Å². The van der Waals surface area contributed by atoms with Gasteiger partial charge in [0.1, 0.15) is 0 Å². The lowest BCUT2D eigenvalue weighted by molar-refractivity contribution is -0.0180. The van der Waals surface area contributed by atoms with E-state index in [0.717, 1.165) is 51.5 Å². The van der Waals surface area contributed by atoms with Gasteiger partial charge in [0.15, 0.2) is 0 Å². The van der Waals surface area contributed by atoms with E-state index >= 15 is 0 Å². The Morgan fingerprint density at radius 3 is 3.07 bits per heavy atom. The van der Waals surface area contributed by atoms with Crippen LogP contribution in [0.5, 0.6) is 0 Å². The smallest absolute Gasteiger partial charge is 0.0826 e. The van der Waals surface area contributed by atoms with Gasteiger partial charge < -0.3 is 15.0 Å². The van der Waals surface area contributed by atoms with Gasteiger partial charge in [0.2, 0.25) is 0 Å². The van der Waals surface area contributed by atoms with E-state index in [0.29, 0.717) is 6.10 Å². The van der Waals surface area contributed by atoms with E-state index in [1.165, 1.54) is 0 Å². The van der Waals surface area contributed by atoms with Gasteiger partial charge in [-0.15, -0.1) is 11.6 Å². The first kappa shape index (κ1) is 12.2. The highest BCUT2D eigenvalue weighted by atomic mass is 35.5. The molecule has 1 fully saturated rings. The maximum Gasteiger partial charge on any atom is 0.0826 e. The number of nitrogens with zero attached hydrogens (tertiary/aromatic N) is 1. The second-order valence-electron chi connectivity index (χ2n) is 3.86. The number of hydrogen-bond acceptors (Lipinski definition) is 3. The molecule has 1 saturated heterocycles. The molecule has 0 saturated carbocycles. The minimum absolute atomic E-state index is 0.366. The zero-order valence-corrected chi connectivity index (χ0v) is 9.72. The van der Waals surface area contributed by atoms with Crippen LogP contribution in [0.15, 0.2) is 0 Å². The Morgan fingerprint density at radius 2 is 2.36 bits per heavy atom. The van der Waals surface area contributed by atoms with Gasteiger partial charge in [-0.2, -0.15) is 0 Å². The zero-order valence-electron chi connectivity index (χ0n) is 8.97. The third-order valence-electron chi connectivity index (χ3n) is 2.45. The number of alkyl halides is 1. The number of hydrogen-bond donors (Lipinski definition) is 1. The van der Waals surface area contributed by atoms with Crippen LogP contribution in [0.4, 0.5) is 0 Å². The molecule has 1 heterocycles. The second-order valence-corrected chi connectivity index (χ2v) is 4.23. The fourth-order valence-corrected chi connectivity index (χ4v) is 1.79. The van der Waals surface area contributed by atoms with E-state index in [4.69, 9.17) is 16.3 Å². The van der Waals surface area contributed by atoms with Crippen LogP contribution in [0, 0.1) is 0 Å². The molecule has 0 radical (unpaired) electrons. The molecule has 1 N–H and O–H groups in total. The van der Waals surface area contributed by atoms with Crippen LogP contribution in [0.2, 0.25) is 0 Å². The first-order valence-electron chi connectivity index (χ1n) is 5.39. The van der Waals surface area contributed by atoms with Gasteiger partial charge in [0.05, 0.1) is 12.7 Å². The third-order valence-corrected chi connectivity index (χ3v) is 2.72. The van der Waals surface area contributed by atoms with Crippen molar-refractivity contribution < 1.29 is 4.74 Å². The average Bonchev–Trinajstić information content (AvgIpc) is 2.18. The van der Waals surface area contributed by atoms with Crippen molar-refractivity contribution in [1.82, 2.24) is 10.2 Å². The van der Waals surface area contributed by atoms with Crippen LogP contribution in [-0.4, -0.2) is 56.7 Å². The first-order chi connectivity index (χ1) is 6.83. The first-order valence-corrected chi connectivity index (χ1v) is 5.93. The summed E-state index contributed by atoms with van der Waals surface area (Å²) < 4.78 is 5.62. The molecule has 1 unspecified atom stereocenters. The molecule has 1 atom stereocenters. The second kappa shape index (κ2) is 7.46. The van der Waals surface area contributed by atoms with Gasteiger partial charge >= 0.3 is 0 Å². The topological polar surface area (TPSA) is 24.5 Å². The molecule has 0 amide bonds. The van der Waals surface area contributed by atoms with E-state index in [-0.39, 0.29) is 0 Å². The number of unbranched alkanes of at least 4 members (excludes halogenated alkanes) is 1. The number of likely N-dealkylation sites (N-methyl/N-ethyl adjacent to an activating group) is 1. The Kier molecular flexibility index (Phi) is 6.52. The molecule has 1 aliphatic heterocycles. The van der Waals surface area contributed by atoms with Gasteiger partial charge in [-0.1, -0.05) is 0 Å². The van der Waals surface area contributed by atoms with Crippen LogP contribution in [0.25, 0.3) is 0 Å².